The van der Waals surface area contributed by atoms with Crippen LogP contribution in [0.25, 0.3) is 10.2 Å². The van der Waals surface area contributed by atoms with E-state index in [2.05, 4.69) is 11.9 Å². The molecule has 0 aliphatic carbocycles. The minimum Gasteiger partial charge on any atom is -0.495 e. The van der Waals surface area contributed by atoms with Crippen LogP contribution in [-0.2, 0) is 18.3 Å². The number of hydrogen-bond acceptors (Lipinski definition) is 5. The van der Waals surface area contributed by atoms with E-state index in [0.29, 0.717) is 4.80 Å². The average molecular weight is 403 g/mol. The van der Waals surface area contributed by atoms with Crippen LogP contribution in [0.4, 0.5) is 0 Å². The van der Waals surface area contributed by atoms with Gasteiger partial charge < -0.3 is 14.0 Å². The quantitative estimate of drug-likeness (QED) is 0.584. The molecule has 0 atom stereocenters. The first kappa shape index (κ1) is 19.5. The first-order valence-corrected chi connectivity index (χ1v) is 10.4. The number of aryl methyl sites for hydroxylation is 1. The summed E-state index contributed by atoms with van der Waals surface area (Å²) in [6.07, 6.45) is 0.277. The molecule has 1 amide bonds. The number of fused-ring (bicyclic) bond motifs is 1. The number of aromatic nitrogens is 1. The van der Waals surface area contributed by atoms with Crippen LogP contribution in [-0.4, -0.2) is 30.4 Å². The van der Waals surface area contributed by atoms with Crippen molar-refractivity contribution < 1.29 is 14.3 Å². The lowest BCUT2D eigenvalue weighted by molar-refractivity contribution is -0.117. The van der Waals surface area contributed by atoms with Gasteiger partial charge in [-0.05, 0) is 35.6 Å². The molecule has 0 unspecified atom stereocenters. The minimum atomic E-state index is -0.175. The monoisotopic (exact) mass is 402 g/mol. The largest absolute Gasteiger partial charge is 0.495 e. The van der Waals surface area contributed by atoms with Gasteiger partial charge in [0.05, 0.1) is 20.6 Å². The van der Waals surface area contributed by atoms with Crippen LogP contribution in [0, 0.1) is 0 Å². The number of thioether (sulfide) groups is 1. The van der Waals surface area contributed by atoms with Gasteiger partial charge >= 0.3 is 0 Å². The molecule has 1 aromatic heterocycles. The number of ether oxygens (including phenoxy) is 2. The molecule has 142 valence electrons. The molecule has 2 aromatic carbocycles. The number of rotatable bonds is 6. The number of benzene rings is 2. The Morgan fingerprint density at radius 2 is 1.78 bits per heavy atom. The van der Waals surface area contributed by atoms with Gasteiger partial charge in [-0.2, -0.15) is 4.99 Å². The molecular weight excluding hydrogens is 380 g/mol. The molecule has 0 N–H and O–H groups in total. The van der Waals surface area contributed by atoms with E-state index in [1.54, 1.807) is 26.0 Å². The van der Waals surface area contributed by atoms with E-state index in [-0.39, 0.29) is 12.3 Å². The fourth-order valence-corrected chi connectivity index (χ4v) is 4.63. The van der Waals surface area contributed by atoms with Crippen molar-refractivity contribution in [2.75, 3.05) is 20.0 Å². The molecule has 0 fully saturated rings. The van der Waals surface area contributed by atoms with Crippen LogP contribution in [0.1, 0.15) is 12.5 Å². The molecule has 1 heterocycles. The summed E-state index contributed by atoms with van der Waals surface area (Å²) in [4.78, 5) is 18.6. The molecule has 0 aliphatic rings. The lowest BCUT2D eigenvalue weighted by Gasteiger charge is -2.06. The minimum absolute atomic E-state index is 0.175. The summed E-state index contributed by atoms with van der Waals surface area (Å²) in [5, 5.41) is 0. The highest BCUT2D eigenvalue weighted by Crippen LogP contribution is 2.34. The normalized spacial score (nSPS) is 11.8. The zero-order valence-corrected chi connectivity index (χ0v) is 17.4. The van der Waals surface area contributed by atoms with Crippen molar-refractivity contribution in [3.05, 3.63) is 46.8 Å². The lowest BCUT2D eigenvalue weighted by Crippen LogP contribution is -2.14. The molecular formula is C20H22N2O3S2. The van der Waals surface area contributed by atoms with Gasteiger partial charge in [-0.3, -0.25) is 4.79 Å². The molecule has 0 saturated carbocycles. The van der Waals surface area contributed by atoms with E-state index in [9.17, 15) is 4.79 Å². The highest BCUT2D eigenvalue weighted by Gasteiger charge is 2.14. The van der Waals surface area contributed by atoms with Gasteiger partial charge in [-0.25, -0.2) is 0 Å². The van der Waals surface area contributed by atoms with Gasteiger partial charge in [0.1, 0.15) is 21.7 Å². The maximum atomic E-state index is 12.5. The van der Waals surface area contributed by atoms with E-state index >= 15 is 0 Å². The second kappa shape index (κ2) is 8.63. The number of amides is 1. The third-order valence-electron chi connectivity index (χ3n) is 4.12. The van der Waals surface area contributed by atoms with Gasteiger partial charge in [0.25, 0.3) is 5.91 Å². The Hall–Kier alpha value is -2.25. The molecule has 3 aromatic rings. The first-order valence-electron chi connectivity index (χ1n) is 8.57. The van der Waals surface area contributed by atoms with Crippen molar-refractivity contribution in [2.24, 2.45) is 12.0 Å². The molecule has 3 rings (SSSR count). The predicted molar refractivity (Wildman–Crippen MR) is 111 cm³/mol. The molecule has 0 spiro atoms. The summed E-state index contributed by atoms with van der Waals surface area (Å²) < 4.78 is 13.7. The van der Waals surface area contributed by atoms with Crippen LogP contribution in [0.3, 0.4) is 0 Å². The predicted octanol–water partition coefficient (Wildman–Crippen LogP) is 4.04. The summed E-state index contributed by atoms with van der Waals surface area (Å²) in [6.45, 7) is 2.12. The first-order chi connectivity index (χ1) is 13.1. The third-order valence-corrected chi connectivity index (χ3v) is 6.16. The van der Waals surface area contributed by atoms with Gasteiger partial charge in [-0.15, -0.1) is 11.8 Å². The highest BCUT2D eigenvalue weighted by molar-refractivity contribution is 7.99. The van der Waals surface area contributed by atoms with Crippen LogP contribution in [0.2, 0.25) is 0 Å². The fourth-order valence-electron chi connectivity index (χ4n) is 2.82. The van der Waals surface area contributed by atoms with Crippen molar-refractivity contribution in [2.45, 2.75) is 18.2 Å². The molecule has 0 saturated heterocycles. The van der Waals surface area contributed by atoms with E-state index in [4.69, 9.17) is 9.47 Å². The Morgan fingerprint density at radius 3 is 2.41 bits per heavy atom. The Morgan fingerprint density at radius 1 is 1.11 bits per heavy atom. The lowest BCUT2D eigenvalue weighted by atomic mass is 10.1. The van der Waals surface area contributed by atoms with Crippen molar-refractivity contribution >= 4 is 39.2 Å². The standard InChI is InChI=1S/C20H22N2O3S2/c1-5-26-14-8-6-13(7-9-14)12-17(23)21-20-22(2)18-15(24-3)10-11-16(25-4)19(18)27-20/h6-11H,5,12H2,1-4H3. The molecule has 0 aliphatic heterocycles. The molecule has 0 bridgehead atoms. The molecule has 27 heavy (non-hydrogen) atoms. The Bertz CT molecular complexity index is 1020. The number of nitrogens with zero attached hydrogens (tertiary/aromatic N) is 2. The number of carbonyl (C=O) groups is 1. The molecule has 0 radical (unpaired) electrons. The zero-order valence-electron chi connectivity index (χ0n) is 15.8. The third kappa shape index (κ3) is 4.20. The zero-order chi connectivity index (χ0) is 19.4. The molecule has 5 nitrogen and oxygen atoms in total. The number of hydrogen-bond donors (Lipinski definition) is 0. The smallest absolute Gasteiger partial charge is 0.252 e. The number of thiazole rings is 1. The number of methoxy groups -OCH3 is 2. The molecule has 7 heteroatoms. The maximum absolute atomic E-state index is 12.5. The Balaban J connectivity index is 1.93. The van der Waals surface area contributed by atoms with Gasteiger partial charge in [-0.1, -0.05) is 30.4 Å². The van der Waals surface area contributed by atoms with Gasteiger partial charge in [0.15, 0.2) is 4.80 Å². The maximum Gasteiger partial charge on any atom is 0.252 e. The summed E-state index contributed by atoms with van der Waals surface area (Å²) in [5.74, 6) is 2.32. The number of carbonyl (C=O) groups excluding carboxylic acids is 1. The fraction of sp³-hybridized carbons (Fsp3) is 0.300. The second-order valence-electron chi connectivity index (χ2n) is 5.85. The summed E-state index contributed by atoms with van der Waals surface area (Å²) in [7, 11) is 5.13. The van der Waals surface area contributed by atoms with Crippen LogP contribution in [0.5, 0.6) is 11.5 Å². The second-order valence-corrected chi connectivity index (χ2v) is 8.17. The van der Waals surface area contributed by atoms with Crippen LogP contribution in [0.15, 0.2) is 46.3 Å². The van der Waals surface area contributed by atoms with Gasteiger partial charge in [0.2, 0.25) is 0 Å². The van der Waals surface area contributed by atoms with E-state index < -0.39 is 0 Å². The summed E-state index contributed by atoms with van der Waals surface area (Å²) in [6, 6.07) is 11.8. The summed E-state index contributed by atoms with van der Waals surface area (Å²) >= 11 is 3.20. The van der Waals surface area contributed by atoms with Crippen LogP contribution >= 0.6 is 23.1 Å². The highest BCUT2D eigenvalue weighted by atomic mass is 32.2. The van der Waals surface area contributed by atoms with E-state index in [1.807, 2.05) is 48.0 Å². The Kier molecular flexibility index (Phi) is 6.23. The summed E-state index contributed by atoms with van der Waals surface area (Å²) in [5.41, 5.74) is 1.83. The Labute approximate surface area is 166 Å². The van der Waals surface area contributed by atoms with Gasteiger partial charge in [0, 0.05) is 11.9 Å². The van der Waals surface area contributed by atoms with E-state index in [0.717, 1.165) is 33.0 Å². The van der Waals surface area contributed by atoms with Crippen molar-refractivity contribution in [1.29, 1.82) is 0 Å². The van der Waals surface area contributed by atoms with E-state index in [1.165, 1.54) is 16.2 Å². The average Bonchev–Trinajstić information content (AvgIpc) is 2.99. The van der Waals surface area contributed by atoms with Crippen LogP contribution < -0.4 is 14.3 Å². The van der Waals surface area contributed by atoms with Crippen molar-refractivity contribution in [1.82, 2.24) is 4.57 Å². The van der Waals surface area contributed by atoms with Crippen molar-refractivity contribution in [3.63, 3.8) is 0 Å². The SMILES string of the molecule is CCSc1ccc(CC(=O)N=c2sc3c(OC)ccc(OC)c3n2C)cc1. The van der Waals surface area contributed by atoms with Crippen molar-refractivity contribution in [3.8, 4) is 11.5 Å². The topological polar surface area (TPSA) is 52.8 Å².